The van der Waals surface area contributed by atoms with Crippen LogP contribution in [-0.2, 0) is 4.79 Å². The van der Waals surface area contributed by atoms with E-state index in [4.69, 9.17) is 4.42 Å². The van der Waals surface area contributed by atoms with Crippen molar-refractivity contribution in [3.05, 3.63) is 70.5 Å². The summed E-state index contributed by atoms with van der Waals surface area (Å²) in [6, 6.07) is 11.8. The highest BCUT2D eigenvalue weighted by Crippen LogP contribution is 2.19. The molecule has 0 aliphatic rings. The zero-order valence-corrected chi connectivity index (χ0v) is 13.3. The molecule has 0 saturated carbocycles. The van der Waals surface area contributed by atoms with E-state index in [1.807, 2.05) is 0 Å². The summed E-state index contributed by atoms with van der Waals surface area (Å²) in [5.74, 6) is -1.37. The number of halogens is 1. The summed E-state index contributed by atoms with van der Waals surface area (Å²) in [6.07, 6.45) is 0. The smallest absolute Gasteiger partial charge is 0.408 e. The van der Waals surface area contributed by atoms with Crippen LogP contribution in [0.1, 0.15) is 31.5 Å². The van der Waals surface area contributed by atoms with E-state index < -0.39 is 17.8 Å². The first-order valence-electron chi connectivity index (χ1n) is 7.64. The Hall–Kier alpha value is -2.89. The Kier molecular flexibility index (Phi) is 4.20. The lowest BCUT2D eigenvalue weighted by Gasteiger charge is -2.19. The highest BCUT2D eigenvalue weighted by atomic mass is 19.1. The fourth-order valence-electron chi connectivity index (χ4n) is 2.71. The second kappa shape index (κ2) is 6.31. The van der Waals surface area contributed by atoms with Gasteiger partial charge >= 0.3 is 5.76 Å². The number of oxazole rings is 1. The van der Waals surface area contributed by atoms with Crippen LogP contribution in [0.2, 0.25) is 0 Å². The van der Waals surface area contributed by atoms with Crippen LogP contribution in [0.25, 0.3) is 11.1 Å². The van der Waals surface area contributed by atoms with Crippen LogP contribution in [0.4, 0.5) is 4.39 Å². The summed E-state index contributed by atoms with van der Waals surface area (Å²) in [5, 5.41) is 2.74. The molecule has 2 atom stereocenters. The third-order valence-electron chi connectivity index (χ3n) is 4.02. The number of carbonyl (C=O) groups excluding carboxylic acids is 1. The third kappa shape index (κ3) is 2.82. The molecule has 1 N–H and O–H groups in total. The first kappa shape index (κ1) is 16.0. The Morgan fingerprint density at radius 2 is 1.79 bits per heavy atom. The zero-order valence-electron chi connectivity index (χ0n) is 13.3. The van der Waals surface area contributed by atoms with E-state index in [1.54, 1.807) is 56.3 Å². The number of para-hydroxylation sites is 2. The first-order valence-corrected chi connectivity index (χ1v) is 7.64. The van der Waals surface area contributed by atoms with Gasteiger partial charge in [0, 0.05) is 5.56 Å². The lowest BCUT2D eigenvalue weighted by atomic mass is 10.1. The summed E-state index contributed by atoms with van der Waals surface area (Å²) in [6.45, 7) is 3.30. The quantitative estimate of drug-likeness (QED) is 0.800. The summed E-state index contributed by atoms with van der Waals surface area (Å²) in [4.78, 5) is 24.5. The van der Waals surface area contributed by atoms with Crippen LogP contribution in [-0.4, -0.2) is 10.5 Å². The normalized spacial score (nSPS) is 13.6. The predicted octanol–water partition coefficient (Wildman–Crippen LogP) is 3.17. The van der Waals surface area contributed by atoms with E-state index in [0.29, 0.717) is 16.7 Å². The highest BCUT2D eigenvalue weighted by Gasteiger charge is 2.23. The van der Waals surface area contributed by atoms with E-state index in [9.17, 15) is 14.0 Å². The second-order valence-electron chi connectivity index (χ2n) is 5.63. The number of aromatic nitrogens is 1. The van der Waals surface area contributed by atoms with Gasteiger partial charge in [-0.3, -0.25) is 9.36 Å². The molecule has 0 saturated heterocycles. The molecule has 1 aromatic heterocycles. The molecule has 1 amide bonds. The van der Waals surface area contributed by atoms with Crippen molar-refractivity contribution in [1.29, 1.82) is 0 Å². The molecule has 0 spiro atoms. The fraction of sp³-hybridized carbons (Fsp3) is 0.222. The van der Waals surface area contributed by atoms with Gasteiger partial charge < -0.3 is 9.73 Å². The van der Waals surface area contributed by atoms with Crippen molar-refractivity contribution in [2.45, 2.75) is 25.9 Å². The molecule has 24 heavy (non-hydrogen) atoms. The molecule has 2 aromatic carbocycles. The van der Waals surface area contributed by atoms with Crippen LogP contribution < -0.4 is 11.1 Å². The number of rotatable bonds is 4. The summed E-state index contributed by atoms with van der Waals surface area (Å²) in [5.41, 5.74) is 1.36. The molecule has 0 unspecified atom stereocenters. The number of amides is 1. The minimum absolute atomic E-state index is 0.385. The monoisotopic (exact) mass is 328 g/mol. The molecule has 0 aliphatic carbocycles. The standard InChI is InChI=1S/C18H17FN2O3/c1-11(13-7-3-4-8-14(13)19)20-17(22)12(2)21-15-9-5-6-10-16(15)24-18(21)23/h3-12H,1-2H3,(H,20,22)/t11-,12-/m0/s1. The maximum atomic E-state index is 13.8. The van der Waals surface area contributed by atoms with Crippen molar-refractivity contribution >= 4 is 17.0 Å². The Bertz CT molecular complexity index is 945. The van der Waals surface area contributed by atoms with Crippen molar-refractivity contribution in [2.75, 3.05) is 0 Å². The minimum atomic E-state index is -0.782. The molecule has 3 rings (SSSR count). The van der Waals surface area contributed by atoms with Crippen molar-refractivity contribution in [3.8, 4) is 0 Å². The Labute approximate surface area is 137 Å². The van der Waals surface area contributed by atoms with Crippen molar-refractivity contribution in [3.63, 3.8) is 0 Å². The number of benzene rings is 2. The van der Waals surface area contributed by atoms with E-state index in [0.717, 1.165) is 0 Å². The number of carbonyl (C=O) groups is 1. The van der Waals surface area contributed by atoms with Gasteiger partial charge in [0.25, 0.3) is 0 Å². The average molecular weight is 328 g/mol. The van der Waals surface area contributed by atoms with Crippen LogP contribution >= 0.6 is 0 Å². The van der Waals surface area contributed by atoms with Gasteiger partial charge in [-0.05, 0) is 32.0 Å². The summed E-state index contributed by atoms with van der Waals surface area (Å²) in [7, 11) is 0. The van der Waals surface area contributed by atoms with Gasteiger partial charge in [0.1, 0.15) is 11.9 Å². The SMILES string of the molecule is C[C@H](NC(=O)[C@H](C)n1c(=O)oc2ccccc21)c1ccccc1F. The lowest BCUT2D eigenvalue weighted by Crippen LogP contribution is -2.36. The number of hydrogen-bond donors (Lipinski definition) is 1. The minimum Gasteiger partial charge on any atom is -0.408 e. The van der Waals surface area contributed by atoms with Crippen molar-refractivity contribution in [1.82, 2.24) is 9.88 Å². The molecule has 6 heteroatoms. The molecule has 0 bridgehead atoms. The molecular formula is C18H17FN2O3. The summed E-state index contributed by atoms with van der Waals surface area (Å²) >= 11 is 0. The van der Waals surface area contributed by atoms with Crippen molar-refractivity contribution < 1.29 is 13.6 Å². The highest BCUT2D eigenvalue weighted by molar-refractivity contribution is 5.83. The Morgan fingerprint density at radius 3 is 2.54 bits per heavy atom. The summed E-state index contributed by atoms with van der Waals surface area (Å²) < 4.78 is 20.3. The van der Waals surface area contributed by atoms with Gasteiger partial charge in [0.2, 0.25) is 5.91 Å². The largest absolute Gasteiger partial charge is 0.420 e. The molecule has 5 nitrogen and oxygen atoms in total. The van der Waals surface area contributed by atoms with E-state index in [-0.39, 0.29) is 11.7 Å². The molecular weight excluding hydrogens is 311 g/mol. The Morgan fingerprint density at radius 1 is 1.12 bits per heavy atom. The number of nitrogens with one attached hydrogen (secondary N) is 1. The van der Waals surface area contributed by atoms with E-state index in [2.05, 4.69) is 5.32 Å². The molecule has 0 fully saturated rings. The first-order chi connectivity index (χ1) is 11.5. The van der Waals surface area contributed by atoms with E-state index in [1.165, 1.54) is 10.6 Å². The van der Waals surface area contributed by atoms with Gasteiger partial charge in [-0.15, -0.1) is 0 Å². The molecule has 124 valence electrons. The average Bonchev–Trinajstić information content (AvgIpc) is 2.90. The third-order valence-corrected chi connectivity index (χ3v) is 4.02. The second-order valence-corrected chi connectivity index (χ2v) is 5.63. The molecule has 0 aliphatic heterocycles. The number of fused-ring (bicyclic) bond motifs is 1. The van der Waals surface area contributed by atoms with Crippen LogP contribution in [0.5, 0.6) is 0 Å². The van der Waals surface area contributed by atoms with Gasteiger partial charge in [-0.1, -0.05) is 30.3 Å². The van der Waals surface area contributed by atoms with Crippen LogP contribution in [0.3, 0.4) is 0 Å². The fourth-order valence-corrected chi connectivity index (χ4v) is 2.71. The number of nitrogens with zero attached hydrogens (tertiary/aromatic N) is 1. The van der Waals surface area contributed by atoms with E-state index >= 15 is 0 Å². The van der Waals surface area contributed by atoms with Gasteiger partial charge in [-0.2, -0.15) is 0 Å². The Balaban J connectivity index is 1.86. The number of hydrogen-bond acceptors (Lipinski definition) is 3. The lowest BCUT2D eigenvalue weighted by molar-refractivity contribution is -0.124. The van der Waals surface area contributed by atoms with Crippen LogP contribution in [0.15, 0.2) is 57.7 Å². The molecule has 1 heterocycles. The zero-order chi connectivity index (χ0) is 17.3. The molecule has 0 radical (unpaired) electrons. The van der Waals surface area contributed by atoms with Crippen LogP contribution in [0, 0.1) is 5.82 Å². The van der Waals surface area contributed by atoms with Crippen molar-refractivity contribution in [2.24, 2.45) is 0 Å². The maximum Gasteiger partial charge on any atom is 0.420 e. The van der Waals surface area contributed by atoms with Gasteiger partial charge in [-0.25, -0.2) is 9.18 Å². The van der Waals surface area contributed by atoms with Gasteiger partial charge in [0.05, 0.1) is 11.6 Å². The molecule has 3 aromatic rings. The topological polar surface area (TPSA) is 64.2 Å². The maximum absolute atomic E-state index is 13.8. The predicted molar refractivity (Wildman–Crippen MR) is 88.1 cm³/mol. The van der Waals surface area contributed by atoms with Gasteiger partial charge in [0.15, 0.2) is 5.58 Å².